The number of benzene rings is 2. The number of para-hydroxylation sites is 1. The molecule has 3 N–H and O–H groups in total. The Morgan fingerprint density at radius 1 is 1.00 bits per heavy atom. The molecular formula is C23H22N4O5. The van der Waals surface area contributed by atoms with Gasteiger partial charge in [0.15, 0.2) is 11.5 Å². The summed E-state index contributed by atoms with van der Waals surface area (Å²) in [5.41, 5.74) is 9.08. The molecule has 4 rings (SSSR count). The van der Waals surface area contributed by atoms with Crippen molar-refractivity contribution in [1.82, 2.24) is 10.2 Å². The minimum absolute atomic E-state index is 0.00107. The predicted molar refractivity (Wildman–Crippen MR) is 116 cm³/mol. The highest BCUT2D eigenvalue weighted by molar-refractivity contribution is 5.75. The summed E-state index contributed by atoms with van der Waals surface area (Å²) in [6, 6.07) is 13.2. The van der Waals surface area contributed by atoms with Crippen molar-refractivity contribution in [2.24, 2.45) is 5.73 Å². The molecule has 2 heterocycles. The molecule has 1 aromatic heterocycles. The number of rotatable bonds is 6. The summed E-state index contributed by atoms with van der Waals surface area (Å²) in [7, 11) is 6.20. The summed E-state index contributed by atoms with van der Waals surface area (Å²) in [6.07, 6.45) is 0. The number of hydrogen-bond donors (Lipinski definition) is 2. The van der Waals surface area contributed by atoms with Gasteiger partial charge in [-0.05, 0) is 18.2 Å². The van der Waals surface area contributed by atoms with E-state index in [1.165, 1.54) is 7.11 Å². The molecule has 0 saturated carbocycles. The first-order valence-electron chi connectivity index (χ1n) is 9.67. The number of aromatic amines is 1. The molecule has 0 amide bonds. The third-order valence-electron chi connectivity index (χ3n) is 5.34. The van der Waals surface area contributed by atoms with Crippen LogP contribution in [0.25, 0.3) is 11.3 Å². The number of nitrogens with zero attached hydrogens (tertiary/aromatic N) is 2. The largest absolute Gasteiger partial charge is 0.496 e. The number of hydrogen-bond acceptors (Lipinski definition) is 8. The molecule has 3 aromatic rings. The number of aromatic nitrogens is 2. The minimum atomic E-state index is -0.562. The van der Waals surface area contributed by atoms with Gasteiger partial charge in [0, 0.05) is 11.1 Å². The van der Waals surface area contributed by atoms with Gasteiger partial charge >= 0.3 is 0 Å². The normalized spacial score (nSPS) is 14.8. The van der Waals surface area contributed by atoms with E-state index >= 15 is 0 Å². The van der Waals surface area contributed by atoms with Crippen molar-refractivity contribution in [3.63, 3.8) is 0 Å². The maximum absolute atomic E-state index is 9.92. The zero-order valence-corrected chi connectivity index (χ0v) is 18.1. The number of nitrogens with one attached hydrogen (secondary N) is 1. The van der Waals surface area contributed by atoms with Crippen LogP contribution in [0, 0.1) is 11.3 Å². The van der Waals surface area contributed by atoms with Gasteiger partial charge in [-0.3, -0.25) is 5.10 Å². The highest BCUT2D eigenvalue weighted by Gasteiger charge is 2.37. The van der Waals surface area contributed by atoms with Gasteiger partial charge in [-0.1, -0.05) is 18.2 Å². The van der Waals surface area contributed by atoms with Crippen LogP contribution in [-0.2, 0) is 0 Å². The minimum Gasteiger partial charge on any atom is -0.496 e. The summed E-state index contributed by atoms with van der Waals surface area (Å²) < 4.78 is 27.7. The standard InChI is InChI=1S/C23H22N4O5/c1-28-15-8-6-5-7-13(15)18-14(11-24)22(25)32-23-19(18)20(26-27-23)12-9-16(29-2)21(31-4)17(10-12)30-3/h5-10,18H,25H2,1-4H3,(H,26,27). The second kappa shape index (κ2) is 8.43. The van der Waals surface area contributed by atoms with Crippen molar-refractivity contribution in [2.45, 2.75) is 5.92 Å². The molecule has 0 fully saturated rings. The Labute approximate surface area is 184 Å². The van der Waals surface area contributed by atoms with Crippen molar-refractivity contribution in [2.75, 3.05) is 28.4 Å². The van der Waals surface area contributed by atoms with Crippen LogP contribution in [0.1, 0.15) is 17.0 Å². The third-order valence-corrected chi connectivity index (χ3v) is 5.34. The van der Waals surface area contributed by atoms with Gasteiger partial charge in [0.05, 0.1) is 45.6 Å². The lowest BCUT2D eigenvalue weighted by Crippen LogP contribution is -2.21. The van der Waals surface area contributed by atoms with Crippen LogP contribution in [0.15, 0.2) is 47.9 Å². The zero-order valence-electron chi connectivity index (χ0n) is 18.1. The first-order chi connectivity index (χ1) is 15.6. The fourth-order valence-electron chi connectivity index (χ4n) is 3.91. The van der Waals surface area contributed by atoms with Crippen molar-refractivity contribution in [1.29, 1.82) is 5.26 Å². The molecule has 0 aliphatic carbocycles. The summed E-state index contributed by atoms with van der Waals surface area (Å²) in [5.74, 6) is 1.75. The number of allylic oxidation sites excluding steroid dienone is 1. The van der Waals surface area contributed by atoms with Gasteiger partial charge in [-0.25, -0.2) is 0 Å². The van der Waals surface area contributed by atoms with Crippen LogP contribution in [-0.4, -0.2) is 38.6 Å². The molecule has 0 saturated heterocycles. The smallest absolute Gasteiger partial charge is 0.244 e. The monoisotopic (exact) mass is 434 g/mol. The van der Waals surface area contributed by atoms with Crippen LogP contribution in [0.5, 0.6) is 28.9 Å². The van der Waals surface area contributed by atoms with Crippen molar-refractivity contribution >= 4 is 0 Å². The Bertz CT molecular complexity index is 1220. The molecule has 9 heteroatoms. The van der Waals surface area contributed by atoms with Crippen molar-refractivity contribution in [3.8, 4) is 46.2 Å². The molecule has 1 unspecified atom stereocenters. The maximum Gasteiger partial charge on any atom is 0.244 e. The molecule has 9 nitrogen and oxygen atoms in total. The molecule has 0 radical (unpaired) electrons. The zero-order chi connectivity index (χ0) is 22.8. The van der Waals surface area contributed by atoms with E-state index in [0.29, 0.717) is 39.8 Å². The molecule has 164 valence electrons. The highest BCUT2D eigenvalue weighted by Crippen LogP contribution is 2.49. The first-order valence-corrected chi connectivity index (χ1v) is 9.67. The summed E-state index contributed by atoms with van der Waals surface area (Å²) >= 11 is 0. The Kier molecular flexibility index (Phi) is 5.52. The quantitative estimate of drug-likeness (QED) is 0.605. The Hall–Kier alpha value is -4.32. The molecule has 2 aromatic carbocycles. The first kappa shape index (κ1) is 20.9. The number of nitriles is 1. The van der Waals surface area contributed by atoms with Crippen LogP contribution >= 0.6 is 0 Å². The molecule has 0 spiro atoms. The Morgan fingerprint density at radius 3 is 2.25 bits per heavy atom. The second-order valence-electron chi connectivity index (χ2n) is 6.90. The van der Waals surface area contributed by atoms with Crippen LogP contribution in [0.2, 0.25) is 0 Å². The molecule has 32 heavy (non-hydrogen) atoms. The van der Waals surface area contributed by atoms with E-state index in [4.69, 9.17) is 29.4 Å². The van der Waals surface area contributed by atoms with Crippen molar-refractivity contribution in [3.05, 3.63) is 59.0 Å². The maximum atomic E-state index is 9.92. The topological polar surface area (TPSA) is 125 Å². The van der Waals surface area contributed by atoms with Gasteiger partial charge < -0.3 is 29.4 Å². The van der Waals surface area contributed by atoms with Crippen molar-refractivity contribution < 1.29 is 23.7 Å². The van der Waals surface area contributed by atoms with Crippen LogP contribution in [0.3, 0.4) is 0 Å². The summed E-state index contributed by atoms with van der Waals surface area (Å²) in [6.45, 7) is 0. The Morgan fingerprint density at radius 2 is 1.66 bits per heavy atom. The second-order valence-corrected chi connectivity index (χ2v) is 6.90. The van der Waals surface area contributed by atoms with E-state index in [0.717, 1.165) is 5.56 Å². The fourth-order valence-corrected chi connectivity index (χ4v) is 3.91. The lowest BCUT2D eigenvalue weighted by molar-refractivity contribution is 0.324. The highest BCUT2D eigenvalue weighted by atomic mass is 16.5. The average Bonchev–Trinajstić information content (AvgIpc) is 3.25. The molecule has 1 atom stereocenters. The lowest BCUT2D eigenvalue weighted by Gasteiger charge is -2.25. The molecule has 1 aliphatic rings. The number of ether oxygens (including phenoxy) is 5. The van der Waals surface area contributed by atoms with Gasteiger partial charge in [0.1, 0.15) is 17.4 Å². The Balaban J connectivity index is 1.98. The van der Waals surface area contributed by atoms with E-state index in [2.05, 4.69) is 16.3 Å². The van der Waals surface area contributed by atoms with E-state index in [1.807, 2.05) is 24.3 Å². The SMILES string of the molecule is COc1ccccc1C1C(C#N)=C(N)Oc2n[nH]c(-c3cc(OC)c(OC)c(OC)c3)c21. The van der Waals surface area contributed by atoms with E-state index in [9.17, 15) is 5.26 Å². The number of methoxy groups -OCH3 is 4. The molecule has 0 bridgehead atoms. The molecular weight excluding hydrogens is 412 g/mol. The number of nitrogens with two attached hydrogens (primary N) is 1. The fraction of sp³-hybridized carbons (Fsp3) is 0.217. The predicted octanol–water partition coefficient (Wildman–Crippen LogP) is 3.33. The summed E-state index contributed by atoms with van der Waals surface area (Å²) in [5, 5.41) is 17.2. The van der Waals surface area contributed by atoms with E-state index in [1.54, 1.807) is 33.5 Å². The van der Waals surface area contributed by atoms with Gasteiger partial charge in [-0.15, -0.1) is 5.10 Å². The van der Waals surface area contributed by atoms with Crippen LogP contribution < -0.4 is 29.4 Å². The lowest BCUT2D eigenvalue weighted by atomic mass is 9.82. The van der Waals surface area contributed by atoms with Gasteiger partial charge in [0.25, 0.3) is 0 Å². The average molecular weight is 434 g/mol. The van der Waals surface area contributed by atoms with Gasteiger partial charge in [0.2, 0.25) is 17.5 Å². The number of fused-ring (bicyclic) bond motifs is 1. The van der Waals surface area contributed by atoms with E-state index < -0.39 is 5.92 Å². The number of H-pyrrole nitrogens is 1. The van der Waals surface area contributed by atoms with E-state index in [-0.39, 0.29) is 17.3 Å². The van der Waals surface area contributed by atoms with Gasteiger partial charge in [-0.2, -0.15) is 5.26 Å². The third kappa shape index (κ3) is 3.22. The van der Waals surface area contributed by atoms with Crippen LogP contribution in [0.4, 0.5) is 0 Å². The summed E-state index contributed by atoms with van der Waals surface area (Å²) in [4.78, 5) is 0. The molecule has 1 aliphatic heterocycles.